The number of methoxy groups -OCH3 is 1. The first-order chi connectivity index (χ1) is 16.0. The van der Waals surface area contributed by atoms with E-state index in [0.717, 1.165) is 36.1 Å². The highest BCUT2D eigenvalue weighted by Crippen LogP contribution is 2.22. The summed E-state index contributed by atoms with van der Waals surface area (Å²) in [6.07, 6.45) is 3.68. The molecular formula is C26H32N4O3. The lowest BCUT2D eigenvalue weighted by Gasteiger charge is -2.18. The number of hydrogen-bond donors (Lipinski definition) is 2. The van der Waals surface area contributed by atoms with Crippen molar-refractivity contribution in [1.29, 1.82) is 0 Å². The Hall–Kier alpha value is -3.58. The molecule has 1 heterocycles. The number of para-hydroxylation sites is 1. The van der Waals surface area contributed by atoms with E-state index in [1.54, 1.807) is 37.5 Å². The third-order valence-corrected chi connectivity index (χ3v) is 5.68. The van der Waals surface area contributed by atoms with Crippen LogP contribution in [0.15, 0.2) is 60.4 Å². The lowest BCUT2D eigenvalue weighted by molar-refractivity contribution is -0.117. The van der Waals surface area contributed by atoms with E-state index >= 15 is 0 Å². The largest absolute Gasteiger partial charge is 0.497 e. The van der Waals surface area contributed by atoms with Gasteiger partial charge in [-0.05, 0) is 49.5 Å². The highest BCUT2D eigenvalue weighted by molar-refractivity contribution is 6.06. The van der Waals surface area contributed by atoms with Gasteiger partial charge in [-0.15, -0.1) is 0 Å². The van der Waals surface area contributed by atoms with Gasteiger partial charge in [0.05, 0.1) is 7.11 Å². The van der Waals surface area contributed by atoms with Gasteiger partial charge in [-0.3, -0.25) is 9.59 Å². The van der Waals surface area contributed by atoms with Crippen molar-refractivity contribution in [2.45, 2.75) is 13.8 Å². The van der Waals surface area contributed by atoms with Crippen molar-refractivity contribution in [3.8, 4) is 5.75 Å². The number of fused-ring (bicyclic) bond motifs is 1. The zero-order valence-electron chi connectivity index (χ0n) is 19.7. The molecule has 0 saturated heterocycles. The van der Waals surface area contributed by atoms with Gasteiger partial charge in [0.2, 0.25) is 0 Å². The van der Waals surface area contributed by atoms with Crippen LogP contribution in [0, 0.1) is 0 Å². The fourth-order valence-electron chi connectivity index (χ4n) is 3.70. The highest BCUT2D eigenvalue weighted by atomic mass is 16.5. The molecule has 0 aliphatic carbocycles. The first-order valence-corrected chi connectivity index (χ1v) is 11.2. The fourth-order valence-corrected chi connectivity index (χ4v) is 3.70. The fraction of sp³-hybridized carbons (Fsp3) is 0.308. The number of amides is 2. The van der Waals surface area contributed by atoms with Crippen LogP contribution in [0.4, 0.5) is 0 Å². The van der Waals surface area contributed by atoms with Crippen LogP contribution < -0.4 is 15.4 Å². The van der Waals surface area contributed by atoms with E-state index < -0.39 is 0 Å². The Kier molecular flexibility index (Phi) is 8.27. The molecule has 0 spiro atoms. The molecule has 0 radical (unpaired) electrons. The predicted octanol–water partition coefficient (Wildman–Crippen LogP) is 3.42. The number of hydrogen-bond acceptors (Lipinski definition) is 4. The summed E-state index contributed by atoms with van der Waals surface area (Å²) < 4.78 is 7.16. The van der Waals surface area contributed by atoms with E-state index in [4.69, 9.17) is 4.74 Å². The summed E-state index contributed by atoms with van der Waals surface area (Å²) in [5, 5.41) is 6.75. The minimum absolute atomic E-state index is 0.201. The summed E-state index contributed by atoms with van der Waals surface area (Å²) in [7, 11) is 3.53. The second-order valence-corrected chi connectivity index (χ2v) is 7.74. The van der Waals surface area contributed by atoms with Crippen LogP contribution in [0.2, 0.25) is 0 Å². The molecule has 0 aliphatic heterocycles. The van der Waals surface area contributed by atoms with Gasteiger partial charge in [-0.1, -0.05) is 32.0 Å². The monoisotopic (exact) mass is 448 g/mol. The van der Waals surface area contributed by atoms with Gasteiger partial charge < -0.3 is 24.8 Å². The number of ether oxygens (including phenoxy) is 1. The van der Waals surface area contributed by atoms with Crippen LogP contribution in [-0.4, -0.2) is 54.6 Å². The number of nitrogens with zero attached hydrogens (tertiary/aromatic N) is 2. The van der Waals surface area contributed by atoms with E-state index in [1.807, 2.05) is 42.1 Å². The van der Waals surface area contributed by atoms with E-state index in [9.17, 15) is 9.59 Å². The smallest absolute Gasteiger partial charge is 0.267 e. The van der Waals surface area contributed by atoms with Crippen molar-refractivity contribution in [1.82, 2.24) is 20.1 Å². The van der Waals surface area contributed by atoms with Crippen molar-refractivity contribution in [2.24, 2.45) is 7.05 Å². The second kappa shape index (κ2) is 11.3. The number of nitrogens with one attached hydrogen (secondary N) is 2. The normalized spacial score (nSPS) is 11.6. The summed E-state index contributed by atoms with van der Waals surface area (Å²) >= 11 is 0. The quantitative estimate of drug-likeness (QED) is 0.466. The number of carbonyl (C=O) groups excluding carboxylic acids is 2. The SMILES string of the molecule is CCN(CC)CCNC(=O)C(=Cc1cn(C)c2ccccc12)NC(=O)c1ccc(OC)cc1. The maximum Gasteiger partial charge on any atom is 0.267 e. The van der Waals surface area contributed by atoms with Crippen molar-refractivity contribution in [3.05, 3.63) is 71.6 Å². The Labute approximate surface area is 195 Å². The molecule has 2 N–H and O–H groups in total. The van der Waals surface area contributed by atoms with Gasteiger partial charge in [0.25, 0.3) is 11.8 Å². The van der Waals surface area contributed by atoms with Crippen molar-refractivity contribution in [2.75, 3.05) is 33.3 Å². The maximum absolute atomic E-state index is 13.1. The van der Waals surface area contributed by atoms with E-state index in [1.165, 1.54) is 0 Å². The second-order valence-electron chi connectivity index (χ2n) is 7.74. The van der Waals surface area contributed by atoms with E-state index in [0.29, 0.717) is 17.9 Å². The number of aromatic nitrogens is 1. The standard InChI is InChI=1S/C26H32N4O3/c1-5-30(6-2)16-15-27-26(32)23(28-25(31)19-11-13-21(33-4)14-12-19)17-20-18-29(3)24-10-8-7-9-22(20)24/h7-14,17-18H,5-6,15-16H2,1-4H3,(H,27,32)(H,28,31). The molecule has 0 bridgehead atoms. The van der Waals surface area contributed by atoms with Crippen LogP contribution in [0.25, 0.3) is 17.0 Å². The lowest BCUT2D eigenvalue weighted by Crippen LogP contribution is -2.39. The Balaban J connectivity index is 1.87. The minimum Gasteiger partial charge on any atom is -0.497 e. The molecule has 0 unspecified atom stereocenters. The molecule has 3 aromatic rings. The van der Waals surface area contributed by atoms with Crippen LogP contribution in [0.5, 0.6) is 5.75 Å². The molecule has 174 valence electrons. The molecule has 1 aromatic heterocycles. The molecule has 33 heavy (non-hydrogen) atoms. The number of carbonyl (C=O) groups is 2. The number of benzene rings is 2. The Morgan fingerprint density at radius 3 is 2.42 bits per heavy atom. The molecule has 0 fully saturated rings. The molecule has 7 nitrogen and oxygen atoms in total. The third kappa shape index (κ3) is 6.02. The third-order valence-electron chi connectivity index (χ3n) is 5.68. The minimum atomic E-state index is -0.358. The average molecular weight is 449 g/mol. The van der Waals surface area contributed by atoms with Crippen LogP contribution in [0.1, 0.15) is 29.8 Å². The maximum atomic E-state index is 13.1. The first kappa shape index (κ1) is 24.1. The zero-order chi connectivity index (χ0) is 23.8. The molecule has 0 atom stereocenters. The van der Waals surface area contributed by atoms with Crippen LogP contribution in [-0.2, 0) is 11.8 Å². The summed E-state index contributed by atoms with van der Waals surface area (Å²) in [4.78, 5) is 28.2. The molecule has 2 amide bonds. The van der Waals surface area contributed by atoms with Gasteiger partial charge in [0, 0.05) is 48.4 Å². The Morgan fingerprint density at radius 2 is 1.76 bits per heavy atom. The lowest BCUT2D eigenvalue weighted by atomic mass is 10.1. The van der Waals surface area contributed by atoms with Gasteiger partial charge >= 0.3 is 0 Å². The highest BCUT2D eigenvalue weighted by Gasteiger charge is 2.16. The average Bonchev–Trinajstić information content (AvgIpc) is 3.16. The van der Waals surface area contributed by atoms with Crippen LogP contribution in [0.3, 0.4) is 0 Å². The topological polar surface area (TPSA) is 75.6 Å². The number of likely N-dealkylation sites (N-methyl/N-ethyl adjacent to an activating group) is 1. The first-order valence-electron chi connectivity index (χ1n) is 11.2. The van der Waals surface area contributed by atoms with Gasteiger partial charge in [0.1, 0.15) is 11.4 Å². The summed E-state index contributed by atoms with van der Waals surface area (Å²) in [6.45, 7) is 7.25. The van der Waals surface area contributed by atoms with Gasteiger partial charge in [-0.25, -0.2) is 0 Å². The molecule has 0 aliphatic rings. The molecular weight excluding hydrogens is 416 g/mol. The summed E-state index contributed by atoms with van der Waals surface area (Å²) in [6, 6.07) is 14.7. The molecule has 3 rings (SSSR count). The van der Waals surface area contributed by atoms with Crippen LogP contribution >= 0.6 is 0 Å². The summed E-state index contributed by atoms with van der Waals surface area (Å²) in [5.74, 6) is -0.0211. The molecule has 0 saturated carbocycles. The zero-order valence-corrected chi connectivity index (χ0v) is 19.7. The summed E-state index contributed by atoms with van der Waals surface area (Å²) in [5.41, 5.74) is 2.55. The van der Waals surface area contributed by atoms with Gasteiger partial charge in [0.15, 0.2) is 0 Å². The Bertz CT molecular complexity index is 1130. The van der Waals surface area contributed by atoms with Crippen molar-refractivity contribution >= 4 is 28.8 Å². The number of rotatable bonds is 10. The van der Waals surface area contributed by atoms with Crippen molar-refractivity contribution in [3.63, 3.8) is 0 Å². The number of aryl methyl sites for hydroxylation is 1. The predicted molar refractivity (Wildman–Crippen MR) is 132 cm³/mol. The van der Waals surface area contributed by atoms with E-state index in [-0.39, 0.29) is 17.5 Å². The van der Waals surface area contributed by atoms with E-state index in [2.05, 4.69) is 29.4 Å². The van der Waals surface area contributed by atoms with Gasteiger partial charge in [-0.2, -0.15) is 0 Å². The van der Waals surface area contributed by atoms with Crippen molar-refractivity contribution < 1.29 is 14.3 Å². The molecule has 2 aromatic carbocycles. The molecule has 7 heteroatoms. The Morgan fingerprint density at radius 1 is 1.06 bits per heavy atom.